The van der Waals surface area contributed by atoms with E-state index in [2.05, 4.69) is 0 Å². The van der Waals surface area contributed by atoms with Crippen LogP contribution in [-0.4, -0.2) is 34.5 Å². The maximum Gasteiger partial charge on any atom is 0.252 e. The quantitative estimate of drug-likeness (QED) is 0.240. The topological polar surface area (TPSA) is 66.8 Å². The van der Waals surface area contributed by atoms with Gasteiger partial charge in [0.15, 0.2) is 0 Å². The molecule has 14 heavy (non-hydrogen) atoms. The third-order valence-corrected chi connectivity index (χ3v) is 1.92. The largest absolute Gasteiger partial charge is 0.484 e. The molecule has 0 amide bonds. The Labute approximate surface area is 134 Å². The number of rotatable bonds is 0. The summed E-state index contributed by atoms with van der Waals surface area (Å²) in [5.74, 6) is -0.393. The molecule has 0 aromatic heterocycles. The summed E-state index contributed by atoms with van der Waals surface area (Å²) in [6, 6.07) is 0. The molecular formula is C7H7O4UW2-. The van der Waals surface area contributed by atoms with Gasteiger partial charge < -0.3 is 14.9 Å². The smallest absolute Gasteiger partial charge is 0.252 e. The molecule has 2 N–H and O–H groups in total. The van der Waals surface area contributed by atoms with Crippen LogP contribution in [0.1, 0.15) is 0 Å². The molecule has 4 nitrogen and oxygen atoms in total. The third kappa shape index (κ3) is 2.97. The summed E-state index contributed by atoms with van der Waals surface area (Å²) in [5, 5.41) is 18.4. The van der Waals surface area contributed by atoms with Crippen LogP contribution in [-0.2, 0) is 51.7 Å². The number of ether oxygens (including phenoxy) is 1. The number of carbonyl (C=O) groups is 1. The first-order valence-corrected chi connectivity index (χ1v) is 3.32. The Morgan fingerprint density at radius 3 is 2.29 bits per heavy atom. The minimum Gasteiger partial charge on any atom is -0.484 e. The Bertz CT molecular complexity index is 236. The summed E-state index contributed by atoms with van der Waals surface area (Å²) < 4.78 is 4.70. The second kappa shape index (κ2) is 6.89. The van der Waals surface area contributed by atoms with Crippen LogP contribution >= 0.6 is 0 Å². The molecule has 2 bridgehead atoms. The molecule has 2 heterocycles. The van der Waals surface area contributed by atoms with Crippen LogP contribution in [0.25, 0.3) is 0 Å². The summed E-state index contributed by atoms with van der Waals surface area (Å²) >= 11 is 0. The second-order valence-corrected chi connectivity index (χ2v) is 2.62. The van der Waals surface area contributed by atoms with Crippen LogP contribution in [0.2, 0.25) is 0 Å². The standard InChI is InChI=1S/C7H7O4.U.2W/c8-5-3-1-2-4(6(5)9)11-7(3)10;;;/h1-2,4-6,8-9H;;;/q-1;;;. The van der Waals surface area contributed by atoms with E-state index in [0.29, 0.717) is 0 Å². The van der Waals surface area contributed by atoms with Gasteiger partial charge in [0.25, 0.3) is 5.97 Å². The molecule has 3 unspecified atom stereocenters. The van der Waals surface area contributed by atoms with Gasteiger partial charge in [0, 0.05) is 79.3 Å². The first-order valence-electron chi connectivity index (χ1n) is 3.32. The molecule has 1 saturated heterocycles. The van der Waals surface area contributed by atoms with Gasteiger partial charge in [0.2, 0.25) is 0 Å². The normalized spacial score (nSPS) is 32.3. The van der Waals surface area contributed by atoms with Crippen LogP contribution in [0.15, 0.2) is 12.2 Å². The number of carbonyl (C=O) groups excluding carboxylic acids is 1. The summed E-state index contributed by atoms with van der Waals surface area (Å²) in [7, 11) is 0. The van der Waals surface area contributed by atoms with Crippen molar-refractivity contribution in [2.24, 2.45) is 0 Å². The van der Waals surface area contributed by atoms with Crippen LogP contribution in [0.4, 0.5) is 0 Å². The van der Waals surface area contributed by atoms with Gasteiger partial charge in [-0.3, -0.25) is 4.79 Å². The van der Waals surface area contributed by atoms with Crippen molar-refractivity contribution in [2.45, 2.75) is 18.3 Å². The van der Waals surface area contributed by atoms with E-state index in [9.17, 15) is 15.0 Å². The van der Waals surface area contributed by atoms with Crippen LogP contribution in [0, 0.1) is 37.0 Å². The summed E-state index contributed by atoms with van der Waals surface area (Å²) in [6.45, 7) is 0. The first kappa shape index (κ1) is 17.8. The Kier molecular flexibility index (Phi) is 8.77. The minimum atomic E-state index is -1.08. The van der Waals surface area contributed by atoms with Crippen LogP contribution in [0.5, 0.6) is 0 Å². The number of fused-ring (bicyclic) bond motifs is 2. The summed E-state index contributed by atoms with van der Waals surface area (Å²) in [6.07, 6.45) is 0.316. The molecule has 0 aromatic carbocycles. The Morgan fingerprint density at radius 2 is 1.93 bits per heavy atom. The van der Waals surface area contributed by atoms with Gasteiger partial charge in [-0.15, -0.1) is 0 Å². The Balaban J connectivity index is 0. The molecule has 0 radical (unpaired) electrons. The molecule has 1 aliphatic carbocycles. The Morgan fingerprint density at radius 1 is 1.36 bits per heavy atom. The van der Waals surface area contributed by atoms with E-state index in [1.807, 2.05) is 0 Å². The van der Waals surface area contributed by atoms with Gasteiger partial charge in [-0.25, -0.2) is 6.08 Å². The first-order chi connectivity index (χ1) is 5.20. The van der Waals surface area contributed by atoms with E-state index in [1.54, 1.807) is 6.08 Å². The number of hydrogen-bond acceptors (Lipinski definition) is 4. The predicted molar refractivity (Wildman–Crippen MR) is 34.3 cm³/mol. The van der Waals surface area contributed by atoms with Gasteiger partial charge in [-0.2, -0.15) is 6.08 Å². The molecule has 2 aliphatic heterocycles. The molecule has 3 rings (SSSR count). The third-order valence-electron chi connectivity index (χ3n) is 1.92. The van der Waals surface area contributed by atoms with Crippen LogP contribution in [0.3, 0.4) is 0 Å². The molecule has 0 aromatic rings. The van der Waals surface area contributed by atoms with E-state index in [-0.39, 0.29) is 79.2 Å². The summed E-state index contributed by atoms with van der Waals surface area (Å²) in [4.78, 5) is 10.8. The average Bonchev–Trinajstić information content (AvgIpc) is 1.99. The zero-order valence-corrected chi connectivity index (χ0v) is 16.9. The molecule has 76 valence electrons. The fraction of sp³-hybridized carbons (Fsp3) is 0.429. The zero-order valence-electron chi connectivity index (χ0n) is 6.91. The van der Waals surface area contributed by atoms with Crippen LogP contribution < -0.4 is 0 Å². The van der Waals surface area contributed by atoms with Crippen molar-refractivity contribution < 1.29 is 93.0 Å². The zero-order chi connectivity index (χ0) is 8.01. The van der Waals surface area contributed by atoms with Gasteiger partial charge in [0.05, 0.1) is 12.2 Å². The van der Waals surface area contributed by atoms with E-state index in [1.165, 1.54) is 6.08 Å². The Hall–Kier alpha value is 1.43. The number of hydrogen-bond donors (Lipinski definition) is 2. The van der Waals surface area contributed by atoms with E-state index in [4.69, 9.17) is 4.74 Å². The van der Waals surface area contributed by atoms with E-state index >= 15 is 0 Å². The fourth-order valence-corrected chi connectivity index (χ4v) is 1.26. The molecule has 3 atom stereocenters. The molecule has 1 fully saturated rings. The summed E-state index contributed by atoms with van der Waals surface area (Å²) in [5.41, 5.74) is 0. The maximum atomic E-state index is 10.8. The number of esters is 1. The van der Waals surface area contributed by atoms with Crippen molar-refractivity contribution in [2.75, 3.05) is 0 Å². The van der Waals surface area contributed by atoms with Gasteiger partial charge in [-0.05, 0) is 0 Å². The van der Waals surface area contributed by atoms with Crippen molar-refractivity contribution >= 4 is 5.97 Å². The predicted octanol–water partition coefficient (Wildman–Crippen LogP) is -1.23. The SMILES string of the molecule is O=C1OC2C=C[C-]1C(O)C2O.[U].[W].[W]. The molecule has 0 saturated carbocycles. The van der Waals surface area contributed by atoms with Crippen molar-refractivity contribution in [3.05, 3.63) is 18.1 Å². The van der Waals surface area contributed by atoms with Crippen molar-refractivity contribution in [3.8, 4) is 0 Å². The maximum absolute atomic E-state index is 10.8. The molecule has 7 heteroatoms. The second-order valence-electron chi connectivity index (χ2n) is 2.62. The number of aliphatic hydroxyl groups excluding tert-OH is 2. The minimum absolute atomic E-state index is 0. The molecule has 0 spiro atoms. The fourth-order valence-electron chi connectivity index (χ4n) is 1.26. The van der Waals surface area contributed by atoms with Crippen molar-refractivity contribution in [1.29, 1.82) is 0 Å². The van der Waals surface area contributed by atoms with Gasteiger partial charge in [-0.1, -0.05) is 5.92 Å². The van der Waals surface area contributed by atoms with E-state index < -0.39 is 24.3 Å². The van der Waals surface area contributed by atoms with Crippen molar-refractivity contribution in [1.82, 2.24) is 0 Å². The molecular weight excluding hydrogens is 754 g/mol. The molecule has 3 aliphatic rings. The van der Waals surface area contributed by atoms with Crippen molar-refractivity contribution in [3.63, 3.8) is 0 Å². The van der Waals surface area contributed by atoms with Gasteiger partial charge in [0.1, 0.15) is 0 Å². The monoisotopic (exact) mass is 761 g/mol. The number of aliphatic hydroxyl groups is 2. The van der Waals surface area contributed by atoms with Gasteiger partial charge >= 0.3 is 0 Å². The van der Waals surface area contributed by atoms with E-state index in [0.717, 1.165) is 0 Å². The average molecular weight is 761 g/mol.